The van der Waals surface area contributed by atoms with Crippen LogP contribution in [0.15, 0.2) is 77.2 Å². The van der Waals surface area contributed by atoms with E-state index in [9.17, 15) is 28.6 Å². The van der Waals surface area contributed by atoms with Gasteiger partial charge in [0.2, 0.25) is 0 Å². The van der Waals surface area contributed by atoms with Crippen molar-refractivity contribution in [3.8, 4) is 11.8 Å². The van der Waals surface area contributed by atoms with E-state index in [0.29, 0.717) is 5.56 Å². The Kier molecular flexibility index (Phi) is 7.31. The molecular weight excluding hydrogens is 482 g/mol. The summed E-state index contributed by atoms with van der Waals surface area (Å²) in [4.78, 5) is 22.8. The van der Waals surface area contributed by atoms with E-state index in [1.54, 1.807) is 18.2 Å². The Morgan fingerprint density at radius 2 is 1.85 bits per heavy atom. The molecule has 0 aliphatic carbocycles. The third-order valence-corrected chi connectivity index (χ3v) is 6.05. The van der Waals surface area contributed by atoms with E-state index < -0.39 is 20.9 Å². The Morgan fingerprint density at radius 1 is 1.15 bits per heavy atom. The standard InChI is InChI=1S/C23H16ClN3O6S/c1-15-5-8-20(9-6-15)34(31,32)33-19-4-2-3-16(12-19)11-17(14-25)23(28)26-22-13-18(27(29)30)7-10-21(22)24/h2-13H,1H3,(H,26,28)/b17-11+. The number of anilines is 1. The molecule has 34 heavy (non-hydrogen) atoms. The minimum atomic E-state index is -4.09. The van der Waals surface area contributed by atoms with Gasteiger partial charge in [0, 0.05) is 12.1 Å². The molecule has 0 fully saturated rings. The number of carbonyl (C=O) groups excluding carboxylic acids is 1. The Morgan fingerprint density at radius 3 is 2.50 bits per heavy atom. The summed E-state index contributed by atoms with van der Waals surface area (Å²) >= 11 is 5.98. The number of rotatable bonds is 7. The predicted molar refractivity (Wildman–Crippen MR) is 126 cm³/mol. The summed E-state index contributed by atoms with van der Waals surface area (Å²) < 4.78 is 30.2. The van der Waals surface area contributed by atoms with Gasteiger partial charge in [-0.25, -0.2) is 0 Å². The molecule has 0 unspecified atom stereocenters. The quantitative estimate of drug-likeness (QED) is 0.161. The lowest BCUT2D eigenvalue weighted by atomic mass is 10.1. The van der Waals surface area contributed by atoms with Crippen molar-refractivity contribution in [1.29, 1.82) is 5.26 Å². The molecule has 0 spiro atoms. The maximum Gasteiger partial charge on any atom is 0.339 e. The van der Waals surface area contributed by atoms with Gasteiger partial charge < -0.3 is 9.50 Å². The molecule has 3 rings (SSSR count). The average Bonchev–Trinajstić information content (AvgIpc) is 2.79. The van der Waals surface area contributed by atoms with Gasteiger partial charge in [-0.15, -0.1) is 0 Å². The van der Waals surface area contributed by atoms with Crippen LogP contribution in [0.1, 0.15) is 11.1 Å². The monoisotopic (exact) mass is 497 g/mol. The van der Waals surface area contributed by atoms with Crippen LogP contribution < -0.4 is 9.50 Å². The summed E-state index contributed by atoms with van der Waals surface area (Å²) in [5, 5.41) is 22.8. The molecule has 0 aromatic heterocycles. The highest BCUT2D eigenvalue weighted by molar-refractivity contribution is 7.87. The summed E-state index contributed by atoms with van der Waals surface area (Å²) in [6, 6.07) is 17.2. The third-order valence-electron chi connectivity index (χ3n) is 4.46. The van der Waals surface area contributed by atoms with Crippen LogP contribution in [0.25, 0.3) is 6.08 Å². The molecule has 0 atom stereocenters. The van der Waals surface area contributed by atoms with Crippen LogP contribution in [0.4, 0.5) is 11.4 Å². The van der Waals surface area contributed by atoms with Gasteiger partial charge in [0.1, 0.15) is 22.3 Å². The summed E-state index contributed by atoms with van der Waals surface area (Å²) in [7, 11) is -4.09. The maximum atomic E-state index is 12.6. The molecule has 0 heterocycles. The molecule has 0 aliphatic rings. The van der Waals surface area contributed by atoms with E-state index in [1.807, 2.05) is 6.92 Å². The lowest BCUT2D eigenvalue weighted by Gasteiger charge is -2.08. The summed E-state index contributed by atoms with van der Waals surface area (Å²) in [5.41, 5.74) is 0.527. The van der Waals surface area contributed by atoms with Gasteiger partial charge in [0.05, 0.1) is 15.6 Å². The number of nitrogens with zero attached hydrogens (tertiary/aromatic N) is 2. The first-order chi connectivity index (χ1) is 16.1. The number of amides is 1. The number of aryl methyl sites for hydroxylation is 1. The number of nitro groups is 1. The molecule has 1 N–H and O–H groups in total. The van der Waals surface area contributed by atoms with Crippen molar-refractivity contribution < 1.29 is 22.3 Å². The zero-order chi connectivity index (χ0) is 24.9. The summed E-state index contributed by atoms with van der Waals surface area (Å²) in [5.74, 6) is -0.878. The van der Waals surface area contributed by atoms with Gasteiger partial charge in [-0.2, -0.15) is 13.7 Å². The first kappa shape index (κ1) is 24.4. The van der Waals surface area contributed by atoms with Crippen molar-refractivity contribution in [3.05, 3.63) is 98.6 Å². The smallest absolute Gasteiger partial charge is 0.339 e. The Balaban J connectivity index is 1.83. The van der Waals surface area contributed by atoms with Crippen LogP contribution in [0, 0.1) is 28.4 Å². The lowest BCUT2D eigenvalue weighted by Crippen LogP contribution is -2.14. The highest BCUT2D eigenvalue weighted by atomic mass is 35.5. The van der Waals surface area contributed by atoms with E-state index in [-0.39, 0.29) is 32.6 Å². The number of nitriles is 1. The first-order valence-electron chi connectivity index (χ1n) is 9.57. The molecule has 9 nitrogen and oxygen atoms in total. The van der Waals surface area contributed by atoms with E-state index in [2.05, 4.69) is 5.32 Å². The number of non-ortho nitro benzene ring substituents is 1. The fraction of sp³-hybridized carbons (Fsp3) is 0.0435. The minimum Gasteiger partial charge on any atom is -0.379 e. The van der Waals surface area contributed by atoms with Crippen molar-refractivity contribution in [3.63, 3.8) is 0 Å². The number of nitro benzene ring substituents is 1. The molecule has 0 aliphatic heterocycles. The molecule has 172 valence electrons. The fourth-order valence-corrected chi connectivity index (χ4v) is 3.85. The van der Waals surface area contributed by atoms with E-state index in [0.717, 1.165) is 11.6 Å². The van der Waals surface area contributed by atoms with E-state index in [4.69, 9.17) is 15.8 Å². The SMILES string of the molecule is Cc1ccc(S(=O)(=O)Oc2cccc(/C=C(\C#N)C(=O)Nc3cc([N+](=O)[O-])ccc3Cl)c2)cc1. The van der Waals surface area contributed by atoms with Crippen molar-refractivity contribution in [1.82, 2.24) is 0 Å². The van der Waals surface area contributed by atoms with E-state index >= 15 is 0 Å². The van der Waals surface area contributed by atoms with Gasteiger partial charge in [-0.3, -0.25) is 14.9 Å². The fourth-order valence-electron chi connectivity index (χ4n) is 2.76. The van der Waals surface area contributed by atoms with Crippen LogP contribution in [-0.2, 0) is 14.9 Å². The molecule has 0 bridgehead atoms. The zero-order valence-corrected chi connectivity index (χ0v) is 19.1. The van der Waals surface area contributed by atoms with Crippen molar-refractivity contribution >= 4 is 45.1 Å². The second kappa shape index (κ2) is 10.2. The molecule has 3 aromatic rings. The molecule has 1 amide bonds. The third kappa shape index (κ3) is 5.98. The number of hydrogen-bond donors (Lipinski definition) is 1. The minimum absolute atomic E-state index is 0.0197. The summed E-state index contributed by atoms with van der Waals surface area (Å²) in [6.07, 6.45) is 1.21. The number of benzene rings is 3. The number of halogens is 1. The van der Waals surface area contributed by atoms with Gasteiger partial charge in [-0.1, -0.05) is 41.4 Å². The van der Waals surface area contributed by atoms with Gasteiger partial charge >= 0.3 is 10.1 Å². The second-order valence-electron chi connectivity index (χ2n) is 6.97. The highest BCUT2D eigenvalue weighted by Crippen LogP contribution is 2.27. The second-order valence-corrected chi connectivity index (χ2v) is 8.92. The maximum absolute atomic E-state index is 12.6. The summed E-state index contributed by atoms with van der Waals surface area (Å²) in [6.45, 7) is 1.82. The number of carbonyl (C=O) groups is 1. The van der Waals surface area contributed by atoms with Crippen LogP contribution in [0.2, 0.25) is 5.02 Å². The van der Waals surface area contributed by atoms with Crippen LogP contribution in [-0.4, -0.2) is 19.2 Å². The van der Waals surface area contributed by atoms with Gasteiger partial charge in [0.25, 0.3) is 11.6 Å². The topological polar surface area (TPSA) is 139 Å². The molecular formula is C23H16ClN3O6S. The number of hydrogen-bond acceptors (Lipinski definition) is 7. The molecule has 3 aromatic carbocycles. The van der Waals surface area contributed by atoms with Gasteiger partial charge in [0.15, 0.2) is 0 Å². The van der Waals surface area contributed by atoms with Crippen LogP contribution in [0.3, 0.4) is 0 Å². The van der Waals surface area contributed by atoms with Crippen molar-refractivity contribution in [2.24, 2.45) is 0 Å². The molecule has 0 radical (unpaired) electrons. The molecule has 0 saturated carbocycles. The average molecular weight is 498 g/mol. The van der Waals surface area contributed by atoms with Crippen LogP contribution in [0.5, 0.6) is 5.75 Å². The van der Waals surface area contributed by atoms with Gasteiger partial charge in [-0.05, 0) is 48.9 Å². The van der Waals surface area contributed by atoms with E-state index in [1.165, 1.54) is 54.6 Å². The molecule has 0 saturated heterocycles. The predicted octanol–water partition coefficient (Wildman–Crippen LogP) is 4.87. The largest absolute Gasteiger partial charge is 0.379 e. The Hall–Kier alpha value is -4.20. The number of nitrogens with one attached hydrogen (secondary N) is 1. The lowest BCUT2D eigenvalue weighted by molar-refractivity contribution is -0.384. The van der Waals surface area contributed by atoms with Crippen molar-refractivity contribution in [2.45, 2.75) is 11.8 Å². The van der Waals surface area contributed by atoms with Crippen LogP contribution >= 0.6 is 11.6 Å². The highest BCUT2D eigenvalue weighted by Gasteiger charge is 2.18. The first-order valence-corrected chi connectivity index (χ1v) is 11.4. The Bertz CT molecular complexity index is 1440. The normalized spacial score (nSPS) is 11.4. The Labute approximate surface area is 200 Å². The zero-order valence-electron chi connectivity index (χ0n) is 17.6. The van der Waals surface area contributed by atoms with Crippen molar-refractivity contribution in [2.75, 3.05) is 5.32 Å². The molecule has 11 heteroatoms.